The molecule has 2 bridgehead atoms. The Bertz CT molecular complexity index is 2810. The molecule has 0 unspecified atom stereocenters. The van der Waals surface area contributed by atoms with E-state index in [2.05, 4.69) is 215 Å². The van der Waals surface area contributed by atoms with Crippen LogP contribution >= 0.6 is 11.3 Å². The van der Waals surface area contributed by atoms with Gasteiger partial charge in [0.1, 0.15) is 0 Å². The first kappa shape index (κ1) is 30.7. The average molecular weight is 708 g/mol. The van der Waals surface area contributed by atoms with Crippen molar-refractivity contribution in [2.45, 2.75) is 0 Å². The molecule has 0 atom stereocenters. The number of fused-ring (bicyclic) bond motifs is 4. The smallest absolute Gasteiger partial charge is 0.0555 e. The predicted molar refractivity (Wildman–Crippen MR) is 232 cm³/mol. The molecule has 3 nitrogen and oxygen atoms in total. The molecule has 9 aromatic carbocycles. The molecule has 0 aliphatic carbocycles. The maximum atomic E-state index is 2.50. The van der Waals surface area contributed by atoms with Crippen LogP contribution in [0.1, 0.15) is 0 Å². The van der Waals surface area contributed by atoms with Crippen molar-refractivity contribution in [1.82, 2.24) is 0 Å². The first-order chi connectivity index (χ1) is 26.8. The van der Waals surface area contributed by atoms with Crippen LogP contribution in [0, 0.1) is 0 Å². The second kappa shape index (κ2) is 12.4. The molecule has 0 saturated carbocycles. The lowest BCUT2D eigenvalue weighted by molar-refractivity contribution is 1.24. The number of anilines is 9. The zero-order valence-electron chi connectivity index (χ0n) is 29.3. The van der Waals surface area contributed by atoms with E-state index < -0.39 is 0 Å². The van der Waals surface area contributed by atoms with Crippen LogP contribution in [-0.2, 0) is 0 Å². The van der Waals surface area contributed by atoms with Gasteiger partial charge >= 0.3 is 0 Å². The second-order valence-corrected chi connectivity index (χ2v) is 14.9. The fourth-order valence-corrected chi connectivity index (χ4v) is 9.54. The lowest BCUT2D eigenvalue weighted by Crippen LogP contribution is -2.16. The standard InChI is InChI=1S/C50H33N3S/c1-3-19-36(20-4-1)51(37-21-5-2-6-22-37)38-31-39-33-40(32-38)53(44-26-12-18-35-16-8-10-24-42(35)44)46-28-14-30-48-50(46)49-45(27-13-29-47(49)54-48)52(39)43-25-11-17-34-15-7-9-23-41(34)43/h1-33H. The third-order valence-corrected chi connectivity index (χ3v) is 11.8. The summed E-state index contributed by atoms with van der Waals surface area (Å²) in [6.45, 7) is 0. The highest BCUT2D eigenvalue weighted by Crippen LogP contribution is 2.54. The Hall–Kier alpha value is -6.88. The molecule has 0 N–H and O–H groups in total. The summed E-state index contributed by atoms with van der Waals surface area (Å²) in [5, 5.41) is 7.36. The van der Waals surface area contributed by atoms with Gasteiger partial charge in [0.05, 0.1) is 39.8 Å². The topological polar surface area (TPSA) is 9.72 Å². The summed E-state index contributed by atoms with van der Waals surface area (Å²) in [5.74, 6) is 0. The van der Waals surface area contributed by atoms with Crippen molar-refractivity contribution in [1.29, 1.82) is 0 Å². The maximum absolute atomic E-state index is 2.50. The molecule has 1 aliphatic rings. The van der Waals surface area contributed by atoms with E-state index >= 15 is 0 Å². The Morgan fingerprint density at radius 1 is 0.333 bits per heavy atom. The summed E-state index contributed by atoms with van der Waals surface area (Å²) >= 11 is 1.87. The SMILES string of the molecule is c1ccc(N(c2ccccc2)c2cc3cc(c2)N(c2cccc4ccccc24)c2cccc4sc5cccc(c5c24)N3c2cccc3ccccc23)cc1. The molecule has 0 saturated heterocycles. The summed E-state index contributed by atoms with van der Waals surface area (Å²) in [6.07, 6.45) is 0. The van der Waals surface area contributed by atoms with Crippen LogP contribution in [0.3, 0.4) is 0 Å². The Balaban J connectivity index is 1.32. The fraction of sp³-hybridized carbons (Fsp3) is 0. The zero-order chi connectivity index (χ0) is 35.6. The monoisotopic (exact) mass is 707 g/mol. The van der Waals surface area contributed by atoms with Crippen molar-refractivity contribution in [3.8, 4) is 0 Å². The lowest BCUT2D eigenvalue weighted by Gasteiger charge is -2.32. The van der Waals surface area contributed by atoms with E-state index in [1.54, 1.807) is 0 Å². The minimum atomic E-state index is 1.07. The molecule has 11 rings (SSSR count). The van der Waals surface area contributed by atoms with Crippen LogP contribution in [0.25, 0.3) is 41.7 Å². The Morgan fingerprint density at radius 2 is 0.741 bits per heavy atom. The minimum absolute atomic E-state index is 1.07. The Morgan fingerprint density at radius 3 is 1.24 bits per heavy atom. The molecular weight excluding hydrogens is 675 g/mol. The van der Waals surface area contributed by atoms with Crippen LogP contribution in [0.5, 0.6) is 0 Å². The van der Waals surface area contributed by atoms with Crippen LogP contribution in [0.4, 0.5) is 51.2 Å². The minimum Gasteiger partial charge on any atom is -0.310 e. The number of hydrogen-bond donors (Lipinski definition) is 0. The van der Waals surface area contributed by atoms with E-state index in [0.717, 1.165) is 51.2 Å². The molecule has 0 fully saturated rings. The van der Waals surface area contributed by atoms with Gasteiger partial charge in [0.15, 0.2) is 0 Å². The van der Waals surface area contributed by atoms with Gasteiger partial charge < -0.3 is 14.7 Å². The summed E-state index contributed by atoms with van der Waals surface area (Å²) in [4.78, 5) is 7.38. The molecule has 1 aromatic heterocycles. The Kier molecular flexibility index (Phi) is 7.04. The highest BCUT2D eigenvalue weighted by Gasteiger charge is 2.29. The number of rotatable bonds is 5. The molecular formula is C50H33N3S. The van der Waals surface area contributed by atoms with Crippen molar-refractivity contribution in [2.75, 3.05) is 14.7 Å². The van der Waals surface area contributed by atoms with E-state index in [-0.39, 0.29) is 0 Å². The summed E-state index contributed by atoms with van der Waals surface area (Å²) in [6, 6.07) is 73.0. The molecule has 0 radical (unpaired) electrons. The van der Waals surface area contributed by atoms with E-state index in [1.807, 2.05) is 11.3 Å². The van der Waals surface area contributed by atoms with E-state index in [1.165, 1.54) is 41.7 Å². The van der Waals surface area contributed by atoms with Crippen LogP contribution in [0.15, 0.2) is 200 Å². The highest BCUT2D eigenvalue weighted by atomic mass is 32.1. The summed E-state index contributed by atoms with van der Waals surface area (Å²) < 4.78 is 2.53. The largest absolute Gasteiger partial charge is 0.310 e. The van der Waals surface area contributed by atoms with Crippen molar-refractivity contribution >= 4 is 104 Å². The van der Waals surface area contributed by atoms with Gasteiger partial charge in [-0.25, -0.2) is 0 Å². The second-order valence-electron chi connectivity index (χ2n) is 13.8. The third-order valence-electron chi connectivity index (χ3n) is 10.7. The van der Waals surface area contributed by atoms with Crippen molar-refractivity contribution < 1.29 is 0 Å². The molecule has 0 spiro atoms. The number of nitrogens with zero attached hydrogens (tertiary/aromatic N) is 3. The van der Waals surface area contributed by atoms with Crippen molar-refractivity contribution in [3.63, 3.8) is 0 Å². The predicted octanol–water partition coefficient (Wildman–Crippen LogP) is 15.1. The van der Waals surface area contributed by atoms with Gasteiger partial charge in [0.25, 0.3) is 0 Å². The molecule has 1 aliphatic heterocycles. The number of thiophene rings is 1. The maximum Gasteiger partial charge on any atom is 0.0555 e. The van der Waals surface area contributed by atoms with Crippen LogP contribution in [-0.4, -0.2) is 0 Å². The first-order valence-electron chi connectivity index (χ1n) is 18.4. The summed E-state index contributed by atoms with van der Waals surface area (Å²) in [5.41, 5.74) is 10.0. The van der Waals surface area contributed by atoms with Gasteiger partial charge in [0.2, 0.25) is 0 Å². The number of hydrogen-bond acceptors (Lipinski definition) is 4. The summed E-state index contributed by atoms with van der Waals surface area (Å²) in [7, 11) is 0. The van der Waals surface area contributed by atoms with Gasteiger partial charge in [-0.1, -0.05) is 121 Å². The number of para-hydroxylation sites is 2. The molecule has 0 amide bonds. The van der Waals surface area contributed by atoms with E-state index in [4.69, 9.17) is 0 Å². The van der Waals surface area contributed by atoms with E-state index in [0.29, 0.717) is 0 Å². The average Bonchev–Trinajstić information content (AvgIpc) is 3.63. The van der Waals surface area contributed by atoms with Gasteiger partial charge in [0, 0.05) is 42.3 Å². The molecule has 2 heterocycles. The highest BCUT2D eigenvalue weighted by molar-refractivity contribution is 7.26. The van der Waals surface area contributed by atoms with Gasteiger partial charge in [-0.2, -0.15) is 0 Å². The first-order valence-corrected chi connectivity index (χ1v) is 19.2. The quantitative estimate of drug-likeness (QED) is 0.176. The van der Waals surface area contributed by atoms with Crippen molar-refractivity contribution in [2.24, 2.45) is 0 Å². The zero-order valence-corrected chi connectivity index (χ0v) is 30.1. The van der Waals surface area contributed by atoms with Gasteiger partial charge in [-0.05, 0) is 89.6 Å². The van der Waals surface area contributed by atoms with Crippen LogP contribution in [0.2, 0.25) is 0 Å². The number of benzene rings is 9. The van der Waals surface area contributed by atoms with E-state index in [9.17, 15) is 0 Å². The normalized spacial score (nSPS) is 12.4. The molecule has 4 heteroatoms. The third kappa shape index (κ3) is 4.81. The molecule has 254 valence electrons. The Labute approximate surface area is 317 Å². The van der Waals surface area contributed by atoms with Gasteiger partial charge in [-0.15, -0.1) is 11.3 Å². The van der Waals surface area contributed by atoms with Crippen molar-refractivity contribution in [3.05, 3.63) is 200 Å². The molecule has 10 aromatic rings. The lowest BCUT2D eigenvalue weighted by atomic mass is 10.0. The fourth-order valence-electron chi connectivity index (χ4n) is 8.39. The van der Waals surface area contributed by atoms with Gasteiger partial charge in [-0.3, -0.25) is 0 Å². The molecule has 54 heavy (non-hydrogen) atoms. The van der Waals surface area contributed by atoms with Crippen LogP contribution < -0.4 is 14.7 Å².